The minimum atomic E-state index is -0.454. The minimum absolute atomic E-state index is 0.00482. The van der Waals surface area contributed by atoms with Crippen LogP contribution in [0.1, 0.15) is 19.8 Å². The fourth-order valence-corrected chi connectivity index (χ4v) is 2.22. The van der Waals surface area contributed by atoms with E-state index in [9.17, 15) is 10.1 Å². The highest BCUT2D eigenvalue weighted by Gasteiger charge is 2.14. The van der Waals surface area contributed by atoms with Crippen LogP contribution < -0.4 is 9.47 Å². The van der Waals surface area contributed by atoms with Crippen molar-refractivity contribution in [2.75, 3.05) is 19.0 Å². The maximum absolute atomic E-state index is 10.7. The number of ether oxygens (including phenoxy) is 2. The third kappa shape index (κ3) is 4.70. The molecule has 0 aliphatic carbocycles. The molecule has 0 saturated heterocycles. The van der Waals surface area contributed by atoms with Crippen molar-refractivity contribution in [1.29, 1.82) is 0 Å². The van der Waals surface area contributed by atoms with Crippen molar-refractivity contribution in [2.45, 2.75) is 19.8 Å². The summed E-state index contributed by atoms with van der Waals surface area (Å²) in [7, 11) is 1.47. The molecule has 0 saturated carbocycles. The molecule has 0 fully saturated rings. The molecule has 0 bridgehead atoms. The van der Waals surface area contributed by atoms with E-state index in [2.05, 4.69) is 22.9 Å². The van der Waals surface area contributed by atoms with Crippen LogP contribution in [0.3, 0.4) is 0 Å². The van der Waals surface area contributed by atoms with Crippen molar-refractivity contribution in [1.82, 2.24) is 0 Å². The van der Waals surface area contributed by atoms with Gasteiger partial charge in [-0.1, -0.05) is 29.3 Å². The second-order valence-corrected chi connectivity index (χ2v) is 4.86. The first-order chi connectivity index (χ1) is 9.12. The van der Waals surface area contributed by atoms with Crippen LogP contribution in [0.25, 0.3) is 0 Å². The number of nitro benzene ring substituents is 1. The zero-order chi connectivity index (χ0) is 14.3. The van der Waals surface area contributed by atoms with Crippen molar-refractivity contribution >= 4 is 21.6 Å². The van der Waals surface area contributed by atoms with Crippen molar-refractivity contribution < 1.29 is 14.4 Å². The third-order valence-corrected chi connectivity index (χ3v) is 3.66. The Bertz CT molecular complexity index is 425. The highest BCUT2D eigenvalue weighted by atomic mass is 79.9. The van der Waals surface area contributed by atoms with Gasteiger partial charge >= 0.3 is 0 Å². The average molecular weight is 332 g/mol. The zero-order valence-electron chi connectivity index (χ0n) is 11.1. The van der Waals surface area contributed by atoms with Gasteiger partial charge in [0.05, 0.1) is 24.7 Å². The molecule has 0 N–H and O–H groups in total. The summed E-state index contributed by atoms with van der Waals surface area (Å²) in [5.74, 6) is 1.35. The largest absolute Gasteiger partial charge is 0.493 e. The summed E-state index contributed by atoms with van der Waals surface area (Å²) in [6.45, 7) is 2.69. The van der Waals surface area contributed by atoms with Gasteiger partial charge in [-0.2, -0.15) is 0 Å². The van der Waals surface area contributed by atoms with Crippen LogP contribution in [0.4, 0.5) is 5.69 Å². The molecule has 0 aromatic heterocycles. The highest BCUT2D eigenvalue weighted by Crippen LogP contribution is 2.31. The number of nitro groups is 1. The Balaban J connectivity index is 2.75. The number of alkyl halides is 1. The topological polar surface area (TPSA) is 61.6 Å². The minimum Gasteiger partial charge on any atom is -0.493 e. The van der Waals surface area contributed by atoms with Gasteiger partial charge in [-0.15, -0.1) is 0 Å². The van der Waals surface area contributed by atoms with E-state index in [1.807, 2.05) is 0 Å². The van der Waals surface area contributed by atoms with Gasteiger partial charge in [0, 0.05) is 17.3 Å². The van der Waals surface area contributed by atoms with Crippen LogP contribution in [-0.2, 0) is 0 Å². The molecular formula is C13H18BrNO4. The maximum Gasteiger partial charge on any atom is 0.273 e. The molecule has 1 aromatic carbocycles. The van der Waals surface area contributed by atoms with Crippen LogP contribution >= 0.6 is 15.9 Å². The Hall–Kier alpha value is -1.30. The lowest BCUT2D eigenvalue weighted by Gasteiger charge is -2.15. The number of methoxy groups -OCH3 is 1. The molecule has 106 valence electrons. The van der Waals surface area contributed by atoms with Crippen LogP contribution in [0.15, 0.2) is 18.2 Å². The Morgan fingerprint density at radius 2 is 2.16 bits per heavy atom. The second-order valence-electron chi connectivity index (χ2n) is 4.21. The third-order valence-electron chi connectivity index (χ3n) is 2.75. The van der Waals surface area contributed by atoms with Gasteiger partial charge in [0.25, 0.3) is 5.69 Å². The molecule has 0 aliphatic rings. The summed E-state index contributed by atoms with van der Waals surface area (Å²) >= 11 is 3.46. The number of nitrogens with zero attached hydrogens (tertiary/aromatic N) is 1. The predicted octanol–water partition coefficient (Wildman–Crippen LogP) is 3.79. The molecule has 0 aliphatic heterocycles. The van der Waals surface area contributed by atoms with Crippen LogP contribution in [0.5, 0.6) is 11.5 Å². The molecule has 19 heavy (non-hydrogen) atoms. The maximum atomic E-state index is 10.7. The van der Waals surface area contributed by atoms with E-state index in [-0.39, 0.29) is 5.69 Å². The van der Waals surface area contributed by atoms with Gasteiger partial charge in [-0.25, -0.2) is 0 Å². The first-order valence-corrected chi connectivity index (χ1v) is 7.25. The van der Waals surface area contributed by atoms with Gasteiger partial charge < -0.3 is 9.47 Å². The van der Waals surface area contributed by atoms with E-state index in [0.29, 0.717) is 24.0 Å². The van der Waals surface area contributed by atoms with Crippen LogP contribution in [-0.4, -0.2) is 24.0 Å². The van der Waals surface area contributed by atoms with Crippen molar-refractivity contribution in [2.24, 2.45) is 5.92 Å². The first-order valence-electron chi connectivity index (χ1n) is 6.13. The SMILES string of the molecule is CCCC(CBr)COc1ccc([N+](=O)[O-])cc1OC. The molecule has 0 radical (unpaired) electrons. The molecule has 1 rings (SSSR count). The fourth-order valence-electron chi connectivity index (χ4n) is 1.71. The smallest absolute Gasteiger partial charge is 0.273 e. The summed E-state index contributed by atoms with van der Waals surface area (Å²) in [6, 6.07) is 4.37. The standard InChI is InChI=1S/C13H18BrNO4/c1-3-4-10(8-14)9-19-12-6-5-11(15(16)17)7-13(12)18-2/h5-7,10H,3-4,8-9H2,1-2H3. The number of non-ortho nitro benzene ring substituents is 1. The summed E-state index contributed by atoms with van der Waals surface area (Å²) in [5, 5.41) is 11.6. The quantitative estimate of drug-likeness (QED) is 0.413. The fraction of sp³-hybridized carbons (Fsp3) is 0.538. The Labute approximate surface area is 121 Å². The number of halogens is 1. The monoisotopic (exact) mass is 331 g/mol. The number of hydrogen-bond acceptors (Lipinski definition) is 4. The molecule has 1 atom stereocenters. The zero-order valence-corrected chi connectivity index (χ0v) is 12.7. The molecule has 0 heterocycles. The molecule has 0 spiro atoms. The van der Waals surface area contributed by atoms with Crippen LogP contribution in [0, 0.1) is 16.0 Å². The molecular weight excluding hydrogens is 314 g/mol. The number of benzene rings is 1. The molecule has 0 amide bonds. The number of rotatable bonds is 8. The van der Waals surface area contributed by atoms with E-state index in [4.69, 9.17) is 9.47 Å². The van der Waals surface area contributed by atoms with E-state index < -0.39 is 4.92 Å². The molecule has 5 nitrogen and oxygen atoms in total. The first kappa shape index (κ1) is 15.8. The normalized spacial score (nSPS) is 11.9. The lowest BCUT2D eigenvalue weighted by molar-refractivity contribution is -0.384. The summed E-state index contributed by atoms with van der Waals surface area (Å²) in [6.07, 6.45) is 2.16. The van der Waals surface area contributed by atoms with E-state index >= 15 is 0 Å². The molecule has 1 unspecified atom stereocenters. The number of hydrogen-bond donors (Lipinski definition) is 0. The average Bonchev–Trinajstić information content (AvgIpc) is 2.43. The highest BCUT2D eigenvalue weighted by molar-refractivity contribution is 9.09. The van der Waals surface area contributed by atoms with Gasteiger partial charge in [0.15, 0.2) is 11.5 Å². The Morgan fingerprint density at radius 3 is 2.68 bits per heavy atom. The Morgan fingerprint density at radius 1 is 1.42 bits per heavy atom. The van der Waals surface area contributed by atoms with Gasteiger partial charge in [-0.05, 0) is 12.5 Å². The second kappa shape index (κ2) is 7.99. The van der Waals surface area contributed by atoms with E-state index in [1.165, 1.54) is 19.2 Å². The molecule has 6 heteroatoms. The summed E-state index contributed by atoms with van der Waals surface area (Å²) in [5.41, 5.74) is -0.00482. The van der Waals surface area contributed by atoms with E-state index in [1.54, 1.807) is 6.07 Å². The lowest BCUT2D eigenvalue weighted by Crippen LogP contribution is -2.13. The van der Waals surface area contributed by atoms with Gasteiger partial charge in [0.1, 0.15) is 0 Å². The van der Waals surface area contributed by atoms with Gasteiger partial charge in [0.2, 0.25) is 0 Å². The van der Waals surface area contributed by atoms with E-state index in [0.717, 1.165) is 18.2 Å². The van der Waals surface area contributed by atoms with Crippen LogP contribution in [0.2, 0.25) is 0 Å². The Kier molecular flexibility index (Phi) is 6.62. The predicted molar refractivity (Wildman–Crippen MR) is 77.3 cm³/mol. The summed E-state index contributed by atoms with van der Waals surface area (Å²) < 4.78 is 10.8. The summed E-state index contributed by atoms with van der Waals surface area (Å²) in [4.78, 5) is 10.2. The van der Waals surface area contributed by atoms with Crippen molar-refractivity contribution in [3.8, 4) is 11.5 Å². The van der Waals surface area contributed by atoms with Gasteiger partial charge in [-0.3, -0.25) is 10.1 Å². The molecule has 1 aromatic rings. The lowest BCUT2D eigenvalue weighted by atomic mass is 10.1. The van der Waals surface area contributed by atoms with Crippen molar-refractivity contribution in [3.63, 3.8) is 0 Å². The van der Waals surface area contributed by atoms with Crippen molar-refractivity contribution in [3.05, 3.63) is 28.3 Å².